The van der Waals surface area contributed by atoms with Gasteiger partial charge >= 0.3 is 0 Å². The van der Waals surface area contributed by atoms with Crippen LogP contribution in [0.4, 0.5) is 0 Å². The van der Waals surface area contributed by atoms with Crippen LogP contribution in [0, 0.1) is 27.7 Å². The molecular weight excluding hydrogens is 524 g/mol. The molecule has 0 aliphatic heterocycles. The molecule has 0 spiro atoms. The average Bonchev–Trinajstić information content (AvgIpc) is 2.69. The molecule has 174 valence electrons. The molecule has 0 fully saturated rings. The SMILES string of the molecule is CCCC(c1ccc(C(CCC)[n+]2cc(C)cc(C)c2)cc1)[n+]1cc(C)cc(C)c1.[Br-].[Br-]. The van der Waals surface area contributed by atoms with E-state index >= 15 is 0 Å². The zero-order valence-electron chi connectivity index (χ0n) is 20.4. The third kappa shape index (κ3) is 7.25. The van der Waals surface area contributed by atoms with Crippen molar-refractivity contribution in [3.63, 3.8) is 0 Å². The van der Waals surface area contributed by atoms with Crippen LogP contribution >= 0.6 is 0 Å². The van der Waals surface area contributed by atoms with Crippen molar-refractivity contribution in [2.75, 3.05) is 0 Å². The molecule has 0 saturated carbocycles. The van der Waals surface area contributed by atoms with Gasteiger partial charge in [-0.05, 0) is 52.7 Å². The molecule has 2 aromatic heterocycles. The molecule has 0 aliphatic rings. The highest BCUT2D eigenvalue weighted by molar-refractivity contribution is 5.26. The number of rotatable bonds is 8. The molecule has 0 N–H and O–H groups in total. The molecule has 2 heterocycles. The summed E-state index contributed by atoms with van der Waals surface area (Å²) >= 11 is 0. The lowest BCUT2D eigenvalue weighted by Gasteiger charge is -2.16. The molecule has 2 nitrogen and oxygen atoms in total. The molecule has 1 aromatic carbocycles. The summed E-state index contributed by atoms with van der Waals surface area (Å²) in [5, 5.41) is 0. The van der Waals surface area contributed by atoms with E-state index in [4.69, 9.17) is 0 Å². The summed E-state index contributed by atoms with van der Waals surface area (Å²) in [5.74, 6) is 0. The van der Waals surface area contributed by atoms with Crippen LogP contribution in [0.15, 0.2) is 61.2 Å². The zero-order valence-corrected chi connectivity index (χ0v) is 23.6. The second kappa shape index (κ2) is 13.3. The summed E-state index contributed by atoms with van der Waals surface area (Å²) in [5.41, 5.74) is 8.08. The fourth-order valence-corrected chi connectivity index (χ4v) is 4.71. The number of pyridine rings is 2. The predicted octanol–water partition coefficient (Wildman–Crippen LogP) is 0.282. The number of halogens is 2. The van der Waals surface area contributed by atoms with Gasteiger partial charge in [-0.3, -0.25) is 0 Å². The summed E-state index contributed by atoms with van der Waals surface area (Å²) in [6, 6.07) is 14.7. The Labute approximate surface area is 216 Å². The summed E-state index contributed by atoms with van der Waals surface area (Å²) in [4.78, 5) is 0. The zero-order chi connectivity index (χ0) is 21.7. The highest BCUT2D eigenvalue weighted by Crippen LogP contribution is 2.24. The average molecular weight is 562 g/mol. The minimum absolute atomic E-state index is 0. The highest BCUT2D eigenvalue weighted by Gasteiger charge is 2.24. The van der Waals surface area contributed by atoms with Crippen LogP contribution in [0.1, 0.15) is 85.0 Å². The van der Waals surface area contributed by atoms with Gasteiger partial charge in [-0.15, -0.1) is 0 Å². The van der Waals surface area contributed by atoms with Crippen molar-refractivity contribution in [2.24, 2.45) is 0 Å². The molecule has 0 radical (unpaired) electrons. The Morgan fingerprint density at radius 3 is 1.09 bits per heavy atom. The van der Waals surface area contributed by atoms with Gasteiger partial charge < -0.3 is 34.0 Å². The van der Waals surface area contributed by atoms with Crippen molar-refractivity contribution in [1.29, 1.82) is 0 Å². The first-order chi connectivity index (χ1) is 14.4. The van der Waals surface area contributed by atoms with Gasteiger partial charge in [-0.1, -0.05) is 38.1 Å². The minimum atomic E-state index is 0. The van der Waals surface area contributed by atoms with E-state index < -0.39 is 0 Å². The van der Waals surface area contributed by atoms with E-state index in [-0.39, 0.29) is 34.0 Å². The van der Waals surface area contributed by atoms with E-state index in [0.29, 0.717) is 12.1 Å². The summed E-state index contributed by atoms with van der Waals surface area (Å²) < 4.78 is 4.82. The molecule has 2 atom stereocenters. The van der Waals surface area contributed by atoms with Crippen molar-refractivity contribution < 1.29 is 43.1 Å². The first-order valence-corrected chi connectivity index (χ1v) is 11.5. The Balaban J connectivity index is 0.00000256. The lowest BCUT2D eigenvalue weighted by Crippen LogP contribution is -3.00. The molecule has 32 heavy (non-hydrogen) atoms. The van der Waals surface area contributed by atoms with E-state index in [0.717, 1.165) is 12.8 Å². The topological polar surface area (TPSA) is 7.76 Å². The van der Waals surface area contributed by atoms with Crippen molar-refractivity contribution in [1.82, 2.24) is 0 Å². The first kappa shape index (κ1) is 28.5. The second-order valence-corrected chi connectivity index (χ2v) is 8.95. The van der Waals surface area contributed by atoms with E-state index in [1.165, 1.54) is 46.2 Å². The molecular formula is C28H38Br2N2. The summed E-state index contributed by atoms with van der Waals surface area (Å²) in [6.45, 7) is 13.3. The Morgan fingerprint density at radius 2 is 0.844 bits per heavy atom. The van der Waals surface area contributed by atoms with E-state index in [2.05, 4.69) is 112 Å². The van der Waals surface area contributed by atoms with Crippen LogP contribution in [-0.4, -0.2) is 0 Å². The quantitative estimate of drug-likeness (QED) is 0.349. The Hall–Kier alpha value is -1.52. The highest BCUT2D eigenvalue weighted by atomic mass is 79.9. The number of nitrogens with zero attached hydrogens (tertiary/aromatic N) is 2. The maximum atomic E-state index is 2.41. The smallest absolute Gasteiger partial charge is 0.183 e. The first-order valence-electron chi connectivity index (χ1n) is 11.5. The fourth-order valence-electron chi connectivity index (χ4n) is 4.71. The van der Waals surface area contributed by atoms with Gasteiger partial charge in [0.05, 0.1) is 0 Å². The predicted molar refractivity (Wildman–Crippen MR) is 125 cm³/mol. The van der Waals surface area contributed by atoms with Gasteiger partial charge in [-0.2, -0.15) is 9.13 Å². The largest absolute Gasteiger partial charge is 1.00 e. The van der Waals surface area contributed by atoms with Crippen molar-refractivity contribution >= 4 is 0 Å². The van der Waals surface area contributed by atoms with Crippen LogP contribution in [0.5, 0.6) is 0 Å². The van der Waals surface area contributed by atoms with Crippen molar-refractivity contribution in [3.8, 4) is 0 Å². The summed E-state index contributed by atoms with van der Waals surface area (Å²) in [6.07, 6.45) is 13.8. The standard InChI is InChI=1S/C28H38N2.2BrH/c1-7-9-27(29-17-21(3)15-22(4)18-29)25-11-13-26(14-12-25)28(10-8-2)30-19-23(5)16-24(6)20-30;;/h11-20,27-28H,7-10H2,1-6H3;2*1H/q+2;;/p-2. The van der Waals surface area contributed by atoms with Gasteiger partial charge in [0, 0.05) is 46.2 Å². The number of hydrogen-bond donors (Lipinski definition) is 0. The van der Waals surface area contributed by atoms with Crippen LogP contribution in [0.25, 0.3) is 0 Å². The normalized spacial score (nSPS) is 12.4. The summed E-state index contributed by atoms with van der Waals surface area (Å²) in [7, 11) is 0. The van der Waals surface area contributed by atoms with E-state index in [1.54, 1.807) is 0 Å². The maximum absolute atomic E-state index is 2.41. The Bertz CT molecular complexity index is 862. The monoisotopic (exact) mass is 560 g/mol. The number of benzene rings is 1. The minimum Gasteiger partial charge on any atom is -1.00 e. The molecule has 3 rings (SSSR count). The van der Waals surface area contributed by atoms with E-state index in [9.17, 15) is 0 Å². The molecule has 0 saturated heterocycles. The lowest BCUT2D eigenvalue weighted by molar-refractivity contribution is -0.715. The molecule has 0 aliphatic carbocycles. The third-order valence-electron chi connectivity index (χ3n) is 5.87. The number of aryl methyl sites for hydroxylation is 4. The Morgan fingerprint density at radius 1 is 0.562 bits per heavy atom. The van der Waals surface area contributed by atoms with E-state index in [1.807, 2.05) is 0 Å². The Kier molecular flexibility index (Phi) is 11.8. The van der Waals surface area contributed by atoms with Gasteiger partial charge in [0.15, 0.2) is 36.9 Å². The fraction of sp³-hybridized carbons (Fsp3) is 0.429. The number of aromatic nitrogens is 2. The van der Waals surface area contributed by atoms with Gasteiger partial charge in [0.1, 0.15) is 0 Å². The van der Waals surface area contributed by atoms with Crippen LogP contribution in [0.2, 0.25) is 0 Å². The molecule has 0 amide bonds. The van der Waals surface area contributed by atoms with Gasteiger partial charge in [-0.25, -0.2) is 0 Å². The lowest BCUT2D eigenvalue weighted by atomic mass is 9.96. The van der Waals surface area contributed by atoms with Gasteiger partial charge in [0.2, 0.25) is 0 Å². The van der Waals surface area contributed by atoms with Crippen molar-refractivity contribution in [2.45, 2.75) is 79.3 Å². The van der Waals surface area contributed by atoms with Crippen LogP contribution in [-0.2, 0) is 0 Å². The van der Waals surface area contributed by atoms with Crippen molar-refractivity contribution in [3.05, 3.63) is 94.6 Å². The third-order valence-corrected chi connectivity index (χ3v) is 5.87. The molecule has 2 unspecified atom stereocenters. The van der Waals surface area contributed by atoms with Crippen LogP contribution < -0.4 is 43.1 Å². The van der Waals surface area contributed by atoms with Gasteiger partial charge in [0.25, 0.3) is 0 Å². The second-order valence-electron chi connectivity index (χ2n) is 8.95. The van der Waals surface area contributed by atoms with Crippen LogP contribution in [0.3, 0.4) is 0 Å². The molecule has 3 aromatic rings. The molecule has 4 heteroatoms. The maximum Gasteiger partial charge on any atom is 0.183 e. The molecule has 0 bridgehead atoms. The number of hydrogen-bond acceptors (Lipinski definition) is 0.